The summed E-state index contributed by atoms with van der Waals surface area (Å²) in [6.07, 6.45) is 1.39. The van der Waals surface area contributed by atoms with Crippen LogP contribution in [0.3, 0.4) is 0 Å². The van der Waals surface area contributed by atoms with Crippen LogP contribution in [0, 0.1) is 5.92 Å². The number of benzene rings is 1. The smallest absolute Gasteiger partial charge is 0.310 e. The van der Waals surface area contributed by atoms with Crippen LogP contribution in [0.25, 0.3) is 0 Å². The Balaban J connectivity index is 1.53. The van der Waals surface area contributed by atoms with E-state index < -0.39 is 5.25 Å². The number of ether oxygens (including phenoxy) is 1. The van der Waals surface area contributed by atoms with Crippen molar-refractivity contribution in [1.29, 1.82) is 0 Å². The maximum absolute atomic E-state index is 12.7. The Morgan fingerprint density at radius 1 is 1.35 bits per heavy atom. The van der Waals surface area contributed by atoms with E-state index in [9.17, 15) is 19.2 Å². The number of amides is 3. The summed E-state index contributed by atoms with van der Waals surface area (Å²) in [6, 6.07) is 5.21. The number of esters is 1. The first-order valence-electron chi connectivity index (χ1n) is 10.2. The molecule has 31 heavy (non-hydrogen) atoms. The van der Waals surface area contributed by atoms with Crippen molar-refractivity contribution in [3.8, 4) is 0 Å². The molecule has 8 nitrogen and oxygen atoms in total. The summed E-state index contributed by atoms with van der Waals surface area (Å²) in [5, 5.41) is 2.72. The van der Waals surface area contributed by atoms with E-state index in [2.05, 4.69) is 5.32 Å². The van der Waals surface area contributed by atoms with Gasteiger partial charge in [-0.15, -0.1) is 11.8 Å². The van der Waals surface area contributed by atoms with Crippen LogP contribution in [0.15, 0.2) is 23.1 Å². The van der Waals surface area contributed by atoms with Crippen molar-refractivity contribution in [3.05, 3.63) is 23.2 Å². The number of likely N-dealkylation sites (tertiary alicyclic amines) is 1. The van der Waals surface area contributed by atoms with Gasteiger partial charge in [0.15, 0.2) is 0 Å². The molecule has 1 aromatic rings. The van der Waals surface area contributed by atoms with Crippen LogP contribution in [0.5, 0.6) is 0 Å². The zero-order valence-corrected chi connectivity index (χ0v) is 19.1. The number of rotatable bonds is 6. The van der Waals surface area contributed by atoms with Crippen LogP contribution in [-0.2, 0) is 23.9 Å². The number of nitrogens with one attached hydrogen (secondary N) is 1. The Bertz CT molecular complexity index is 881. The number of piperidine rings is 1. The molecule has 2 atom stereocenters. The molecule has 2 aliphatic rings. The predicted octanol–water partition coefficient (Wildman–Crippen LogP) is 2.40. The lowest BCUT2D eigenvalue weighted by Gasteiger charge is -2.33. The highest BCUT2D eigenvalue weighted by molar-refractivity contribution is 8.01. The van der Waals surface area contributed by atoms with Crippen molar-refractivity contribution in [2.75, 3.05) is 38.6 Å². The zero-order chi connectivity index (χ0) is 22.5. The van der Waals surface area contributed by atoms with E-state index in [0.717, 1.165) is 11.3 Å². The highest BCUT2D eigenvalue weighted by Crippen LogP contribution is 2.38. The summed E-state index contributed by atoms with van der Waals surface area (Å²) in [5.74, 6) is -1.38. The molecule has 0 aliphatic carbocycles. The first-order valence-corrected chi connectivity index (χ1v) is 11.5. The first kappa shape index (κ1) is 23.4. The second kappa shape index (κ2) is 10.4. The fourth-order valence-electron chi connectivity index (χ4n) is 3.62. The molecule has 1 saturated heterocycles. The summed E-state index contributed by atoms with van der Waals surface area (Å²) < 4.78 is 5.07. The third-order valence-corrected chi connectivity index (χ3v) is 6.82. The van der Waals surface area contributed by atoms with Crippen LogP contribution in [0.1, 0.15) is 26.2 Å². The fraction of sp³-hybridized carbons (Fsp3) is 0.524. The lowest BCUT2D eigenvalue weighted by molar-refractivity contribution is -0.152. The Labute approximate surface area is 190 Å². The Kier molecular flexibility index (Phi) is 7.83. The number of fused-ring (bicyclic) bond motifs is 1. The van der Waals surface area contributed by atoms with E-state index in [0.29, 0.717) is 36.8 Å². The lowest BCUT2D eigenvalue weighted by Crippen LogP contribution is -2.47. The standard InChI is InChI=1S/C21H26ClN3O5S/c1-3-30-21(29)13-5-4-8-25(11-13)19(27)12-24(2)18(26)10-17-20(28)23-15-9-14(22)6-7-16(15)31-17/h6-7,9,13,17H,3-5,8,10-12H2,1-2H3,(H,23,28). The number of anilines is 1. The maximum Gasteiger partial charge on any atom is 0.310 e. The summed E-state index contributed by atoms with van der Waals surface area (Å²) in [5.41, 5.74) is 0.635. The van der Waals surface area contributed by atoms with E-state index in [-0.39, 0.29) is 42.6 Å². The summed E-state index contributed by atoms with van der Waals surface area (Å²) in [6.45, 7) is 2.82. The maximum atomic E-state index is 12.7. The van der Waals surface area contributed by atoms with Gasteiger partial charge in [-0.05, 0) is 38.0 Å². The minimum absolute atomic E-state index is 0.0200. The SMILES string of the molecule is CCOC(=O)C1CCCN(C(=O)CN(C)C(=O)CC2Sc3ccc(Cl)cc3NC2=O)C1. The highest BCUT2D eigenvalue weighted by Gasteiger charge is 2.32. The van der Waals surface area contributed by atoms with Gasteiger partial charge in [0.1, 0.15) is 0 Å². The number of hydrogen-bond donors (Lipinski definition) is 1. The topological polar surface area (TPSA) is 96.0 Å². The summed E-state index contributed by atoms with van der Waals surface area (Å²) >= 11 is 7.27. The Morgan fingerprint density at radius 2 is 2.13 bits per heavy atom. The second-order valence-corrected chi connectivity index (χ2v) is 9.30. The molecule has 0 radical (unpaired) electrons. The van der Waals surface area contributed by atoms with Gasteiger partial charge in [0.05, 0.1) is 30.0 Å². The van der Waals surface area contributed by atoms with Gasteiger partial charge in [-0.3, -0.25) is 19.2 Å². The molecule has 168 valence electrons. The number of carbonyl (C=O) groups excluding carboxylic acids is 4. The van der Waals surface area contributed by atoms with E-state index in [4.69, 9.17) is 16.3 Å². The van der Waals surface area contributed by atoms with Gasteiger partial charge in [-0.1, -0.05) is 11.6 Å². The van der Waals surface area contributed by atoms with Crippen molar-refractivity contribution in [1.82, 2.24) is 9.80 Å². The van der Waals surface area contributed by atoms with Crippen molar-refractivity contribution < 1.29 is 23.9 Å². The normalized spacial score (nSPS) is 20.5. The van der Waals surface area contributed by atoms with Crippen molar-refractivity contribution in [2.24, 2.45) is 5.92 Å². The minimum Gasteiger partial charge on any atom is -0.466 e. The van der Waals surface area contributed by atoms with E-state index in [1.165, 1.54) is 16.7 Å². The molecule has 0 saturated carbocycles. The molecule has 1 N–H and O–H groups in total. The molecule has 0 bridgehead atoms. The minimum atomic E-state index is -0.582. The van der Waals surface area contributed by atoms with Gasteiger partial charge in [0, 0.05) is 36.5 Å². The zero-order valence-electron chi connectivity index (χ0n) is 17.6. The van der Waals surface area contributed by atoms with Crippen LogP contribution in [0.4, 0.5) is 5.69 Å². The quantitative estimate of drug-likeness (QED) is 0.645. The number of carbonyl (C=O) groups is 4. The van der Waals surface area contributed by atoms with E-state index in [1.807, 2.05) is 6.07 Å². The van der Waals surface area contributed by atoms with Gasteiger partial charge in [-0.25, -0.2) is 0 Å². The van der Waals surface area contributed by atoms with Gasteiger partial charge in [0.2, 0.25) is 17.7 Å². The monoisotopic (exact) mass is 467 g/mol. The summed E-state index contributed by atoms with van der Waals surface area (Å²) in [4.78, 5) is 53.5. The molecule has 1 aromatic carbocycles. The molecule has 2 aliphatic heterocycles. The molecule has 2 unspecified atom stereocenters. The molecule has 3 amide bonds. The largest absolute Gasteiger partial charge is 0.466 e. The third-order valence-electron chi connectivity index (χ3n) is 5.31. The van der Waals surface area contributed by atoms with Gasteiger partial charge in [0.25, 0.3) is 0 Å². The van der Waals surface area contributed by atoms with Crippen molar-refractivity contribution >= 4 is 52.7 Å². The lowest BCUT2D eigenvalue weighted by atomic mass is 9.98. The molecule has 0 aromatic heterocycles. The molecular formula is C21H26ClN3O5S. The summed E-state index contributed by atoms with van der Waals surface area (Å²) in [7, 11) is 1.55. The van der Waals surface area contributed by atoms with Gasteiger partial charge in [-0.2, -0.15) is 0 Å². The Hall–Kier alpha value is -2.26. The van der Waals surface area contributed by atoms with Crippen LogP contribution < -0.4 is 5.32 Å². The number of thioether (sulfide) groups is 1. The van der Waals surface area contributed by atoms with Crippen LogP contribution in [-0.4, -0.2) is 72.0 Å². The average molecular weight is 468 g/mol. The number of halogens is 1. The predicted molar refractivity (Wildman–Crippen MR) is 118 cm³/mol. The van der Waals surface area contributed by atoms with E-state index in [1.54, 1.807) is 31.0 Å². The Morgan fingerprint density at radius 3 is 2.87 bits per heavy atom. The van der Waals surface area contributed by atoms with Crippen molar-refractivity contribution in [3.63, 3.8) is 0 Å². The van der Waals surface area contributed by atoms with Gasteiger partial charge >= 0.3 is 5.97 Å². The molecule has 10 heteroatoms. The first-order chi connectivity index (χ1) is 14.8. The average Bonchev–Trinajstić information content (AvgIpc) is 2.74. The molecule has 1 fully saturated rings. The van der Waals surface area contributed by atoms with Crippen LogP contribution in [0.2, 0.25) is 5.02 Å². The van der Waals surface area contributed by atoms with Crippen LogP contribution >= 0.6 is 23.4 Å². The molecule has 0 spiro atoms. The van der Waals surface area contributed by atoms with E-state index >= 15 is 0 Å². The second-order valence-electron chi connectivity index (χ2n) is 7.62. The number of nitrogens with zero attached hydrogens (tertiary/aromatic N) is 2. The molecule has 3 rings (SSSR count). The van der Waals surface area contributed by atoms with Gasteiger partial charge < -0.3 is 19.9 Å². The highest BCUT2D eigenvalue weighted by atomic mass is 35.5. The fourth-order valence-corrected chi connectivity index (χ4v) is 4.87. The molecule has 2 heterocycles. The number of hydrogen-bond acceptors (Lipinski definition) is 6. The number of likely N-dealkylation sites (N-methyl/N-ethyl adjacent to an activating group) is 1. The van der Waals surface area contributed by atoms with Crippen molar-refractivity contribution in [2.45, 2.75) is 36.3 Å². The molecular weight excluding hydrogens is 442 g/mol. The third kappa shape index (κ3) is 5.92.